The lowest BCUT2D eigenvalue weighted by Gasteiger charge is -2.52. The van der Waals surface area contributed by atoms with Crippen LogP contribution in [0.4, 0.5) is 5.69 Å². The number of aromatic nitrogens is 2. The van der Waals surface area contributed by atoms with Crippen LogP contribution in [0.3, 0.4) is 0 Å². The van der Waals surface area contributed by atoms with Crippen LogP contribution in [-0.4, -0.2) is 52.3 Å². The van der Waals surface area contributed by atoms with Crippen LogP contribution < -0.4 is 30.2 Å². The van der Waals surface area contributed by atoms with Crippen LogP contribution in [0.5, 0.6) is 17.5 Å². The number of piperidine rings is 1. The molecule has 0 radical (unpaired) electrons. The first-order valence-corrected chi connectivity index (χ1v) is 16.5. The number of rotatable bonds is 11. The predicted molar refractivity (Wildman–Crippen MR) is 182 cm³/mol. The van der Waals surface area contributed by atoms with E-state index in [2.05, 4.69) is 64.0 Å². The monoisotopic (exact) mass is 675 g/mol. The van der Waals surface area contributed by atoms with E-state index in [0.29, 0.717) is 48.9 Å². The van der Waals surface area contributed by atoms with Gasteiger partial charge in [0, 0.05) is 36.6 Å². The predicted octanol–water partition coefficient (Wildman–Crippen LogP) is 4.72. The molecule has 3 N–H and O–H groups in total. The fourth-order valence-electron chi connectivity index (χ4n) is 7.05. The number of methoxy groups -OCH3 is 1. The van der Waals surface area contributed by atoms with Crippen LogP contribution in [0.1, 0.15) is 77.1 Å². The number of fused-ring (bicyclic) bond motifs is 1. The first-order valence-electron chi connectivity index (χ1n) is 16.5. The van der Waals surface area contributed by atoms with E-state index in [-0.39, 0.29) is 35.3 Å². The maximum atomic E-state index is 13.0. The Kier molecular flexibility index (Phi) is 8.46. The highest BCUT2D eigenvalue weighted by molar-refractivity contribution is 6.21. The second-order valence-electron chi connectivity index (χ2n) is 13.5. The molecule has 0 spiro atoms. The molecule has 2 aliphatic heterocycles. The average Bonchev–Trinajstić information content (AvgIpc) is 3.38. The van der Waals surface area contributed by atoms with Crippen molar-refractivity contribution in [3.63, 3.8) is 0 Å². The van der Waals surface area contributed by atoms with Crippen molar-refractivity contribution in [2.75, 3.05) is 12.4 Å². The summed E-state index contributed by atoms with van der Waals surface area (Å²) in [5.74, 6) is -0.516. The van der Waals surface area contributed by atoms with Crippen molar-refractivity contribution in [1.82, 2.24) is 20.6 Å². The van der Waals surface area contributed by atoms with Gasteiger partial charge >= 0.3 is 6.01 Å². The van der Waals surface area contributed by atoms with Gasteiger partial charge in [0.15, 0.2) is 0 Å². The summed E-state index contributed by atoms with van der Waals surface area (Å²) in [6, 6.07) is 23.1. The Morgan fingerprint density at radius 1 is 0.860 bits per heavy atom. The van der Waals surface area contributed by atoms with E-state index < -0.39 is 23.3 Å². The number of carbonyl (C=O) groups excluding carboxylic acids is 4. The van der Waals surface area contributed by atoms with Gasteiger partial charge in [-0.2, -0.15) is 4.98 Å². The molecule has 3 aromatic carbocycles. The van der Waals surface area contributed by atoms with Crippen molar-refractivity contribution in [2.45, 2.75) is 63.2 Å². The summed E-state index contributed by atoms with van der Waals surface area (Å²) >= 11 is 0. The van der Waals surface area contributed by atoms with Crippen LogP contribution >= 0.6 is 0 Å². The first-order chi connectivity index (χ1) is 24.0. The zero-order valence-corrected chi connectivity index (χ0v) is 27.9. The summed E-state index contributed by atoms with van der Waals surface area (Å²) in [6.45, 7) is 4.62. The molecule has 256 valence electrons. The molecular weight excluding hydrogens is 638 g/mol. The Labute approximate surface area is 288 Å². The molecule has 4 aromatic rings. The van der Waals surface area contributed by atoms with Crippen LogP contribution in [0.2, 0.25) is 0 Å². The molecule has 1 atom stereocenters. The summed E-state index contributed by atoms with van der Waals surface area (Å²) in [6.07, 6.45) is 3.12. The van der Waals surface area contributed by atoms with Gasteiger partial charge in [0.25, 0.3) is 11.8 Å². The number of benzene rings is 3. The number of imide groups is 2. The molecule has 7 rings (SSSR count). The van der Waals surface area contributed by atoms with E-state index in [1.165, 1.54) is 7.11 Å². The van der Waals surface area contributed by atoms with Crippen molar-refractivity contribution in [3.05, 3.63) is 107 Å². The summed E-state index contributed by atoms with van der Waals surface area (Å²) in [5.41, 5.74) is 3.19. The lowest BCUT2D eigenvalue weighted by atomic mass is 9.63. The smallest absolute Gasteiger partial charge is 0.316 e. The quantitative estimate of drug-likeness (QED) is 0.190. The van der Waals surface area contributed by atoms with Gasteiger partial charge in [0.2, 0.25) is 11.8 Å². The van der Waals surface area contributed by atoms with Crippen LogP contribution in [0, 0.1) is 5.92 Å². The van der Waals surface area contributed by atoms with Gasteiger partial charge in [0.1, 0.15) is 24.2 Å². The lowest BCUT2D eigenvalue weighted by molar-refractivity contribution is -0.140. The van der Waals surface area contributed by atoms with Gasteiger partial charge in [0.05, 0.1) is 35.4 Å². The Morgan fingerprint density at radius 3 is 2.22 bits per heavy atom. The first kappa shape index (κ1) is 32.8. The third-order valence-electron chi connectivity index (χ3n) is 9.93. The molecule has 12 nitrogen and oxygen atoms in total. The minimum Gasteiger partial charge on any atom is -0.490 e. The van der Waals surface area contributed by atoms with Crippen molar-refractivity contribution in [1.29, 1.82) is 0 Å². The standard InChI is InChI=1S/C38H37N5O7/c1-37(2,22-4-9-26(10-5-22)49-21-25-16-17-39-36(40-25)48-3)23-6-11-27(12-7-23)50-28-19-38(20-28,31-14-15-32(44)41-35(31)47)43-24-8-13-29-30(18-24)34(46)42-33(29)45/h4-13,16-18,28,31,43H,14-15,19-21H2,1-3H3,(H,41,44,47)(H,42,45,46). The van der Waals surface area contributed by atoms with Gasteiger partial charge in [-0.3, -0.25) is 29.8 Å². The summed E-state index contributed by atoms with van der Waals surface area (Å²) < 4.78 is 17.4. The maximum Gasteiger partial charge on any atom is 0.316 e. The molecule has 1 saturated heterocycles. The SMILES string of the molecule is COc1nccc(COc2ccc(C(C)(C)c3ccc(OC4CC(Nc5ccc6c(c5)C(=O)NC6=O)(C5CCC(=O)NC5=O)C4)cc3)cc2)n1. The third kappa shape index (κ3) is 6.36. The molecule has 0 bridgehead atoms. The highest BCUT2D eigenvalue weighted by Crippen LogP contribution is 2.46. The van der Waals surface area contributed by atoms with E-state index >= 15 is 0 Å². The molecule has 3 aliphatic rings. The average molecular weight is 676 g/mol. The van der Waals surface area contributed by atoms with Crippen LogP contribution in [0.25, 0.3) is 0 Å². The number of nitrogens with zero attached hydrogens (tertiary/aromatic N) is 2. The molecule has 4 amide bonds. The van der Waals surface area contributed by atoms with E-state index in [1.807, 2.05) is 24.3 Å². The molecule has 1 saturated carbocycles. The van der Waals surface area contributed by atoms with Gasteiger partial charge in [-0.05, 0) is 66.1 Å². The van der Waals surface area contributed by atoms with Crippen LogP contribution in [0.15, 0.2) is 79.0 Å². The maximum absolute atomic E-state index is 13.0. The number of carbonyl (C=O) groups is 4. The van der Waals surface area contributed by atoms with E-state index in [9.17, 15) is 19.2 Å². The summed E-state index contributed by atoms with van der Waals surface area (Å²) in [7, 11) is 1.52. The largest absolute Gasteiger partial charge is 0.490 e. The van der Waals surface area contributed by atoms with Gasteiger partial charge in [-0.15, -0.1) is 0 Å². The van der Waals surface area contributed by atoms with Crippen LogP contribution in [-0.2, 0) is 21.6 Å². The highest BCUT2D eigenvalue weighted by Gasteiger charge is 2.54. The van der Waals surface area contributed by atoms with Gasteiger partial charge in [-0.25, -0.2) is 4.98 Å². The fourth-order valence-corrected chi connectivity index (χ4v) is 7.05. The Balaban J connectivity index is 1.00. The lowest BCUT2D eigenvalue weighted by Crippen LogP contribution is -2.64. The minimum atomic E-state index is -0.692. The minimum absolute atomic E-state index is 0.179. The molecule has 1 unspecified atom stereocenters. The van der Waals surface area contributed by atoms with E-state index in [4.69, 9.17) is 14.2 Å². The highest BCUT2D eigenvalue weighted by atomic mass is 16.5. The summed E-state index contributed by atoms with van der Waals surface area (Å²) in [4.78, 5) is 57.6. The van der Waals surface area contributed by atoms with Crippen molar-refractivity contribution >= 4 is 29.3 Å². The fraction of sp³-hybridized carbons (Fsp3) is 0.316. The Hall–Kier alpha value is -5.78. The molecule has 3 heterocycles. The number of ether oxygens (including phenoxy) is 3. The normalized spacial score (nSPS) is 21.4. The van der Waals surface area contributed by atoms with Gasteiger partial charge < -0.3 is 19.5 Å². The van der Waals surface area contributed by atoms with E-state index in [1.54, 1.807) is 30.5 Å². The number of amides is 4. The number of anilines is 1. The second kappa shape index (κ2) is 12.9. The van der Waals surface area contributed by atoms with Crippen molar-refractivity contribution in [3.8, 4) is 17.5 Å². The summed E-state index contributed by atoms with van der Waals surface area (Å²) in [5, 5.41) is 8.28. The Bertz CT molecular complexity index is 1970. The second-order valence-corrected chi connectivity index (χ2v) is 13.5. The molecule has 2 fully saturated rings. The number of hydrogen-bond donors (Lipinski definition) is 3. The number of hydrogen-bond acceptors (Lipinski definition) is 10. The molecule has 50 heavy (non-hydrogen) atoms. The topological polar surface area (TPSA) is 158 Å². The number of nitrogens with one attached hydrogen (secondary N) is 3. The van der Waals surface area contributed by atoms with Gasteiger partial charge in [-0.1, -0.05) is 38.1 Å². The zero-order chi connectivity index (χ0) is 35.0. The zero-order valence-electron chi connectivity index (χ0n) is 27.9. The van der Waals surface area contributed by atoms with Crippen molar-refractivity contribution in [2.24, 2.45) is 5.92 Å². The molecule has 1 aromatic heterocycles. The van der Waals surface area contributed by atoms with Crippen molar-refractivity contribution < 1.29 is 33.4 Å². The van der Waals surface area contributed by atoms with E-state index in [0.717, 1.165) is 22.6 Å². The molecular formula is C38H37N5O7. The molecule has 1 aliphatic carbocycles. The Morgan fingerprint density at radius 2 is 1.54 bits per heavy atom. The third-order valence-corrected chi connectivity index (χ3v) is 9.93. The molecule has 12 heteroatoms.